The van der Waals surface area contributed by atoms with Gasteiger partial charge in [-0.1, -0.05) is 24.3 Å². The van der Waals surface area contributed by atoms with E-state index in [4.69, 9.17) is 12.2 Å². The van der Waals surface area contributed by atoms with Crippen LogP contribution in [0.4, 0.5) is 0 Å². The van der Waals surface area contributed by atoms with Gasteiger partial charge in [-0.05, 0) is 36.5 Å². The van der Waals surface area contributed by atoms with Crippen molar-refractivity contribution in [1.82, 2.24) is 19.4 Å². The first kappa shape index (κ1) is 15.3. The summed E-state index contributed by atoms with van der Waals surface area (Å²) in [5.74, 6) is -0.281. The number of benzene rings is 2. The van der Waals surface area contributed by atoms with Crippen LogP contribution in [-0.2, 0) is 11.3 Å². The van der Waals surface area contributed by atoms with Crippen LogP contribution in [0.2, 0.25) is 0 Å². The molecule has 0 aliphatic rings. The van der Waals surface area contributed by atoms with E-state index in [1.54, 1.807) is 12.1 Å². The van der Waals surface area contributed by atoms with Crippen LogP contribution in [0.5, 0.6) is 0 Å². The van der Waals surface area contributed by atoms with Crippen molar-refractivity contribution in [3.63, 3.8) is 0 Å². The van der Waals surface area contributed by atoms with Gasteiger partial charge in [0.1, 0.15) is 12.9 Å². The Morgan fingerprint density at radius 2 is 1.68 bits per heavy atom. The van der Waals surface area contributed by atoms with Crippen LogP contribution in [0.15, 0.2) is 59.7 Å². The quantitative estimate of drug-likeness (QED) is 0.438. The van der Waals surface area contributed by atoms with E-state index < -0.39 is 0 Å². The largest absolute Gasteiger partial charge is 0.331 e. The van der Waals surface area contributed by atoms with Crippen molar-refractivity contribution in [2.75, 3.05) is 5.43 Å². The highest BCUT2D eigenvalue weighted by Crippen LogP contribution is 2.18. The summed E-state index contributed by atoms with van der Waals surface area (Å²) >= 11 is 5.02. The van der Waals surface area contributed by atoms with Gasteiger partial charge >= 0.3 is 0 Å². The van der Waals surface area contributed by atoms with Gasteiger partial charge in [-0.2, -0.15) is 5.10 Å². The van der Waals surface area contributed by atoms with Gasteiger partial charge in [0, 0.05) is 10.8 Å². The molecular weight excluding hydrogens is 338 g/mol. The predicted molar refractivity (Wildman–Crippen MR) is 97.5 cm³/mol. The van der Waals surface area contributed by atoms with Crippen molar-refractivity contribution < 1.29 is 4.79 Å². The second-order valence-corrected chi connectivity index (χ2v) is 5.90. The minimum absolute atomic E-state index is 0.0360. The fourth-order valence-electron chi connectivity index (χ4n) is 2.89. The van der Waals surface area contributed by atoms with Gasteiger partial charge in [0.2, 0.25) is 4.77 Å². The van der Waals surface area contributed by atoms with Crippen LogP contribution >= 0.6 is 12.2 Å². The average molecular weight is 351 g/mol. The topological polar surface area (TPSA) is 84.7 Å². The SMILES string of the molecule is O=C(Cn1c2ccccc2c(=O)c2ccccc21)Nn1cn[nH]c1=S. The number of fused-ring (bicyclic) bond motifs is 2. The summed E-state index contributed by atoms with van der Waals surface area (Å²) in [5, 5.41) is 7.49. The zero-order valence-electron chi connectivity index (χ0n) is 13.0. The minimum atomic E-state index is -0.281. The molecule has 0 aliphatic carbocycles. The van der Waals surface area contributed by atoms with Gasteiger partial charge < -0.3 is 4.57 Å². The Morgan fingerprint density at radius 1 is 1.08 bits per heavy atom. The van der Waals surface area contributed by atoms with Crippen LogP contribution in [0.25, 0.3) is 21.8 Å². The van der Waals surface area contributed by atoms with Crippen LogP contribution in [-0.4, -0.2) is 25.3 Å². The van der Waals surface area contributed by atoms with E-state index in [9.17, 15) is 9.59 Å². The number of pyridine rings is 1. The van der Waals surface area contributed by atoms with E-state index >= 15 is 0 Å². The third-order valence-corrected chi connectivity index (χ3v) is 4.27. The molecule has 0 unspecified atom stereocenters. The molecule has 8 heteroatoms. The Balaban J connectivity index is 1.86. The molecule has 0 spiro atoms. The number of nitrogens with zero attached hydrogens (tertiary/aromatic N) is 3. The minimum Gasteiger partial charge on any atom is -0.331 e. The molecule has 2 N–H and O–H groups in total. The number of aromatic nitrogens is 4. The molecule has 0 bridgehead atoms. The summed E-state index contributed by atoms with van der Waals surface area (Å²) in [6, 6.07) is 14.5. The van der Waals surface area contributed by atoms with Gasteiger partial charge in [0.05, 0.1) is 11.0 Å². The van der Waals surface area contributed by atoms with Crippen LogP contribution in [0.1, 0.15) is 0 Å². The predicted octanol–water partition coefficient (Wildman–Crippen LogP) is 2.18. The lowest BCUT2D eigenvalue weighted by Crippen LogP contribution is -2.27. The number of rotatable bonds is 3. The maximum absolute atomic E-state index is 12.7. The molecule has 4 aromatic rings. The lowest BCUT2D eigenvalue weighted by Gasteiger charge is -2.15. The molecule has 124 valence electrons. The van der Waals surface area contributed by atoms with Crippen molar-refractivity contribution in [3.05, 3.63) is 69.9 Å². The lowest BCUT2D eigenvalue weighted by molar-refractivity contribution is -0.117. The Kier molecular flexibility index (Phi) is 3.66. The van der Waals surface area contributed by atoms with E-state index in [-0.39, 0.29) is 17.9 Å². The van der Waals surface area contributed by atoms with Crippen LogP contribution in [0, 0.1) is 4.77 Å². The monoisotopic (exact) mass is 351 g/mol. The average Bonchev–Trinajstić information content (AvgIpc) is 3.03. The number of para-hydroxylation sites is 2. The van der Waals surface area contributed by atoms with Gasteiger partial charge in [-0.3, -0.25) is 20.1 Å². The highest BCUT2D eigenvalue weighted by molar-refractivity contribution is 7.71. The van der Waals surface area contributed by atoms with Gasteiger partial charge in [0.15, 0.2) is 5.43 Å². The number of nitrogens with one attached hydrogen (secondary N) is 2. The maximum atomic E-state index is 12.7. The standard InChI is InChI=1S/C17H13N5O2S/c23-15(20-22-10-18-19-17(22)25)9-21-13-7-3-1-5-11(13)16(24)12-6-2-4-8-14(12)21/h1-8,10H,9H2,(H,19,25)(H,20,23). The third kappa shape index (κ3) is 2.62. The Labute approximate surface area is 146 Å². The summed E-state index contributed by atoms with van der Waals surface area (Å²) < 4.78 is 3.46. The smallest absolute Gasteiger partial charge is 0.258 e. The van der Waals surface area contributed by atoms with E-state index in [1.165, 1.54) is 11.0 Å². The number of carbonyl (C=O) groups excluding carboxylic acids is 1. The maximum Gasteiger partial charge on any atom is 0.258 e. The lowest BCUT2D eigenvalue weighted by atomic mass is 10.1. The molecule has 0 saturated heterocycles. The molecule has 25 heavy (non-hydrogen) atoms. The normalized spacial score (nSPS) is 11.0. The first-order valence-electron chi connectivity index (χ1n) is 7.57. The number of H-pyrrole nitrogens is 1. The van der Waals surface area contributed by atoms with Crippen LogP contribution < -0.4 is 10.9 Å². The molecule has 2 aromatic heterocycles. The van der Waals surface area contributed by atoms with E-state index in [0.29, 0.717) is 26.6 Å². The molecular formula is C17H13N5O2S. The Hall–Kier alpha value is -3.26. The molecule has 4 rings (SSSR count). The van der Waals surface area contributed by atoms with Crippen LogP contribution in [0.3, 0.4) is 0 Å². The van der Waals surface area contributed by atoms with Gasteiger partial charge in [-0.25, -0.2) is 4.68 Å². The van der Waals surface area contributed by atoms with Crippen molar-refractivity contribution in [2.24, 2.45) is 0 Å². The number of amides is 1. The van der Waals surface area contributed by atoms with E-state index in [2.05, 4.69) is 15.6 Å². The molecule has 0 aliphatic heterocycles. The fourth-order valence-corrected chi connectivity index (χ4v) is 3.03. The van der Waals surface area contributed by atoms with Crippen molar-refractivity contribution in [1.29, 1.82) is 0 Å². The second kappa shape index (κ2) is 5.99. The summed E-state index contributed by atoms with van der Waals surface area (Å²) in [5.41, 5.74) is 4.03. The zero-order chi connectivity index (χ0) is 17.4. The molecule has 7 nitrogen and oxygen atoms in total. The highest BCUT2D eigenvalue weighted by atomic mass is 32.1. The van der Waals surface area contributed by atoms with E-state index in [1.807, 2.05) is 41.0 Å². The summed E-state index contributed by atoms with van der Waals surface area (Å²) in [6.45, 7) is 0.0360. The van der Waals surface area contributed by atoms with Crippen molar-refractivity contribution in [3.8, 4) is 0 Å². The third-order valence-electron chi connectivity index (χ3n) is 3.98. The number of carbonyl (C=O) groups is 1. The first-order valence-corrected chi connectivity index (χ1v) is 7.98. The van der Waals surface area contributed by atoms with Gasteiger partial charge in [-0.15, -0.1) is 0 Å². The molecule has 0 saturated carbocycles. The van der Waals surface area contributed by atoms with Gasteiger partial charge in [0.25, 0.3) is 5.91 Å². The summed E-state index contributed by atoms with van der Waals surface area (Å²) in [7, 11) is 0. The number of hydrogen-bond donors (Lipinski definition) is 2. The molecule has 1 amide bonds. The number of hydrogen-bond acceptors (Lipinski definition) is 4. The molecule has 0 atom stereocenters. The van der Waals surface area contributed by atoms with E-state index in [0.717, 1.165) is 0 Å². The Morgan fingerprint density at radius 3 is 2.24 bits per heavy atom. The van der Waals surface area contributed by atoms with Crippen molar-refractivity contribution >= 4 is 39.9 Å². The molecule has 2 aromatic carbocycles. The Bertz CT molecular complexity index is 1160. The van der Waals surface area contributed by atoms with Crippen molar-refractivity contribution in [2.45, 2.75) is 6.54 Å². The second-order valence-electron chi connectivity index (χ2n) is 5.52. The first-order chi connectivity index (χ1) is 12.1. The fraction of sp³-hybridized carbons (Fsp3) is 0.0588. The zero-order valence-corrected chi connectivity index (χ0v) is 13.8. The molecule has 0 radical (unpaired) electrons. The summed E-state index contributed by atoms with van der Waals surface area (Å²) in [6.07, 6.45) is 1.39. The number of aromatic amines is 1. The summed E-state index contributed by atoms with van der Waals surface area (Å²) in [4.78, 5) is 25.2. The highest BCUT2D eigenvalue weighted by Gasteiger charge is 2.13. The molecule has 2 heterocycles. The molecule has 0 fully saturated rings.